The molecule has 2 heterocycles. The number of imidazole rings is 1. The lowest BCUT2D eigenvalue weighted by molar-refractivity contribution is 0.276. The quantitative estimate of drug-likeness (QED) is 0.882. The van der Waals surface area contributed by atoms with Gasteiger partial charge in [0, 0.05) is 19.3 Å². The van der Waals surface area contributed by atoms with Crippen LogP contribution in [-0.2, 0) is 6.61 Å². The molecule has 0 bridgehead atoms. The molecule has 4 heteroatoms. The van der Waals surface area contributed by atoms with E-state index in [4.69, 9.17) is 0 Å². The van der Waals surface area contributed by atoms with Crippen molar-refractivity contribution < 1.29 is 5.11 Å². The second kappa shape index (κ2) is 5.40. The van der Waals surface area contributed by atoms with E-state index in [1.807, 2.05) is 28.8 Å². The molecule has 4 nitrogen and oxygen atoms in total. The Labute approximate surface area is 108 Å². The third kappa shape index (κ3) is 2.08. The Balaban J connectivity index is 2.49. The summed E-state index contributed by atoms with van der Waals surface area (Å²) in [6.07, 6.45) is 4.09. The van der Waals surface area contributed by atoms with Gasteiger partial charge in [0.25, 0.3) is 0 Å². The Morgan fingerprint density at radius 1 is 1.33 bits per heavy atom. The maximum absolute atomic E-state index is 9.59. The number of nitrogens with zero attached hydrogens (tertiary/aromatic N) is 3. The fourth-order valence-corrected chi connectivity index (χ4v) is 2.47. The monoisotopic (exact) mass is 247 g/mol. The summed E-state index contributed by atoms with van der Waals surface area (Å²) in [5, 5.41) is 9.59. The molecule has 0 spiro atoms. The van der Waals surface area contributed by atoms with Crippen LogP contribution < -0.4 is 4.90 Å². The maximum Gasteiger partial charge on any atom is 0.153 e. The summed E-state index contributed by atoms with van der Waals surface area (Å²) in [5.74, 6) is 0.886. The molecule has 2 rings (SSSR count). The highest BCUT2D eigenvalue weighted by atomic mass is 16.3. The normalized spacial score (nSPS) is 11.4. The Kier molecular flexibility index (Phi) is 3.87. The molecule has 0 radical (unpaired) electrons. The number of hydrogen-bond acceptors (Lipinski definition) is 3. The van der Waals surface area contributed by atoms with Crippen molar-refractivity contribution in [3.05, 3.63) is 30.1 Å². The Morgan fingerprint density at radius 2 is 2.06 bits per heavy atom. The standard InChI is InChI=1S/C14H21N3O/c1-4-11(5-2)16(3)14-12(10-18)17-9-7-6-8-13(17)15-14/h6-9,11,18H,4-5,10H2,1-3H3. The summed E-state index contributed by atoms with van der Waals surface area (Å²) in [6.45, 7) is 4.36. The van der Waals surface area contributed by atoms with Gasteiger partial charge in [-0.15, -0.1) is 0 Å². The molecule has 0 atom stereocenters. The number of anilines is 1. The summed E-state index contributed by atoms with van der Waals surface area (Å²) in [6, 6.07) is 6.34. The molecule has 2 aromatic heterocycles. The summed E-state index contributed by atoms with van der Waals surface area (Å²) >= 11 is 0. The first-order chi connectivity index (χ1) is 8.72. The second-order valence-corrected chi connectivity index (χ2v) is 4.55. The van der Waals surface area contributed by atoms with Crippen molar-refractivity contribution in [3.8, 4) is 0 Å². The van der Waals surface area contributed by atoms with Crippen LogP contribution in [0, 0.1) is 0 Å². The van der Waals surface area contributed by atoms with Crippen molar-refractivity contribution in [1.29, 1.82) is 0 Å². The van der Waals surface area contributed by atoms with Crippen LogP contribution in [0.4, 0.5) is 5.82 Å². The topological polar surface area (TPSA) is 40.8 Å². The molecule has 0 saturated carbocycles. The number of aliphatic hydroxyl groups excluding tert-OH is 1. The number of rotatable bonds is 5. The lowest BCUT2D eigenvalue weighted by atomic mass is 10.1. The summed E-state index contributed by atoms with van der Waals surface area (Å²) in [4.78, 5) is 6.81. The summed E-state index contributed by atoms with van der Waals surface area (Å²) < 4.78 is 1.95. The van der Waals surface area contributed by atoms with Crippen LogP contribution in [-0.4, -0.2) is 27.6 Å². The molecule has 0 aliphatic heterocycles. The zero-order valence-electron chi connectivity index (χ0n) is 11.3. The van der Waals surface area contributed by atoms with Crippen molar-refractivity contribution in [2.24, 2.45) is 0 Å². The van der Waals surface area contributed by atoms with Crippen molar-refractivity contribution in [1.82, 2.24) is 9.38 Å². The molecule has 98 valence electrons. The van der Waals surface area contributed by atoms with Gasteiger partial charge in [-0.1, -0.05) is 19.9 Å². The highest BCUT2D eigenvalue weighted by Gasteiger charge is 2.19. The van der Waals surface area contributed by atoms with E-state index in [1.165, 1.54) is 0 Å². The molecular weight excluding hydrogens is 226 g/mol. The zero-order chi connectivity index (χ0) is 13.1. The third-order valence-electron chi connectivity index (χ3n) is 3.58. The molecule has 2 aromatic rings. The van der Waals surface area contributed by atoms with Crippen LogP contribution in [0.5, 0.6) is 0 Å². The molecule has 1 N–H and O–H groups in total. The van der Waals surface area contributed by atoms with Crippen molar-refractivity contribution in [2.45, 2.75) is 39.3 Å². The lowest BCUT2D eigenvalue weighted by Crippen LogP contribution is -2.31. The van der Waals surface area contributed by atoms with Crippen LogP contribution in [0.2, 0.25) is 0 Å². The Morgan fingerprint density at radius 3 is 2.67 bits per heavy atom. The first kappa shape index (κ1) is 12.9. The highest BCUT2D eigenvalue weighted by molar-refractivity contribution is 5.55. The van der Waals surface area contributed by atoms with Crippen LogP contribution in [0.25, 0.3) is 5.65 Å². The van der Waals surface area contributed by atoms with E-state index in [0.29, 0.717) is 6.04 Å². The minimum Gasteiger partial charge on any atom is -0.390 e. The van der Waals surface area contributed by atoms with Crippen molar-refractivity contribution >= 4 is 11.5 Å². The minimum atomic E-state index is 0.00496. The van der Waals surface area contributed by atoms with Gasteiger partial charge in [-0.05, 0) is 25.0 Å². The van der Waals surface area contributed by atoms with Gasteiger partial charge in [-0.25, -0.2) is 4.98 Å². The molecule has 0 aromatic carbocycles. The molecule has 0 unspecified atom stereocenters. The van der Waals surface area contributed by atoms with Gasteiger partial charge in [0.2, 0.25) is 0 Å². The molecule has 0 saturated heterocycles. The van der Waals surface area contributed by atoms with Gasteiger partial charge >= 0.3 is 0 Å². The molecular formula is C14H21N3O. The van der Waals surface area contributed by atoms with E-state index in [-0.39, 0.29) is 6.61 Å². The largest absolute Gasteiger partial charge is 0.390 e. The van der Waals surface area contributed by atoms with Crippen LogP contribution in [0.1, 0.15) is 32.4 Å². The Bertz CT molecular complexity index is 517. The zero-order valence-corrected chi connectivity index (χ0v) is 11.3. The van der Waals surface area contributed by atoms with Crippen LogP contribution >= 0.6 is 0 Å². The van der Waals surface area contributed by atoms with E-state index in [9.17, 15) is 5.11 Å². The Hall–Kier alpha value is -1.55. The van der Waals surface area contributed by atoms with E-state index in [1.54, 1.807) is 0 Å². The smallest absolute Gasteiger partial charge is 0.153 e. The number of fused-ring (bicyclic) bond motifs is 1. The van der Waals surface area contributed by atoms with Crippen LogP contribution in [0.15, 0.2) is 24.4 Å². The van der Waals surface area contributed by atoms with Gasteiger partial charge in [0.05, 0.1) is 12.3 Å². The predicted molar refractivity (Wildman–Crippen MR) is 73.9 cm³/mol. The lowest BCUT2D eigenvalue weighted by Gasteiger charge is -2.27. The molecule has 0 aliphatic rings. The first-order valence-corrected chi connectivity index (χ1v) is 6.52. The molecule has 0 amide bonds. The van der Waals surface area contributed by atoms with E-state index < -0.39 is 0 Å². The highest BCUT2D eigenvalue weighted by Crippen LogP contribution is 2.24. The van der Waals surface area contributed by atoms with Crippen LogP contribution in [0.3, 0.4) is 0 Å². The van der Waals surface area contributed by atoms with Gasteiger partial charge in [0.1, 0.15) is 5.65 Å². The average Bonchev–Trinajstić information content (AvgIpc) is 2.78. The minimum absolute atomic E-state index is 0.00496. The van der Waals surface area contributed by atoms with Crippen molar-refractivity contribution in [3.63, 3.8) is 0 Å². The average molecular weight is 247 g/mol. The number of hydrogen-bond donors (Lipinski definition) is 1. The first-order valence-electron chi connectivity index (χ1n) is 6.52. The van der Waals surface area contributed by atoms with Crippen molar-refractivity contribution in [2.75, 3.05) is 11.9 Å². The fraction of sp³-hybridized carbons (Fsp3) is 0.500. The second-order valence-electron chi connectivity index (χ2n) is 4.55. The third-order valence-corrected chi connectivity index (χ3v) is 3.58. The number of pyridine rings is 1. The maximum atomic E-state index is 9.59. The number of aromatic nitrogens is 2. The van der Waals surface area contributed by atoms with Gasteiger partial charge in [0.15, 0.2) is 5.82 Å². The molecule has 0 aliphatic carbocycles. The SMILES string of the molecule is CCC(CC)N(C)c1nc2ccccn2c1CO. The summed E-state index contributed by atoms with van der Waals surface area (Å²) in [5.41, 5.74) is 1.74. The molecule has 0 fully saturated rings. The van der Waals surface area contributed by atoms with Gasteiger partial charge < -0.3 is 10.0 Å². The van der Waals surface area contributed by atoms with Gasteiger partial charge in [-0.3, -0.25) is 4.40 Å². The fourth-order valence-electron chi connectivity index (χ4n) is 2.47. The van der Waals surface area contributed by atoms with E-state index >= 15 is 0 Å². The van der Waals surface area contributed by atoms with Gasteiger partial charge in [-0.2, -0.15) is 0 Å². The van der Waals surface area contributed by atoms with E-state index in [2.05, 4.69) is 30.8 Å². The predicted octanol–water partition coefficient (Wildman–Crippen LogP) is 2.45. The number of aliphatic hydroxyl groups is 1. The summed E-state index contributed by atoms with van der Waals surface area (Å²) in [7, 11) is 2.05. The van der Waals surface area contributed by atoms with E-state index in [0.717, 1.165) is 30.0 Å². The molecule has 18 heavy (non-hydrogen) atoms.